The molecular weight excluding hydrogens is 244 g/mol. The molecule has 1 aromatic carbocycles. The van der Waals surface area contributed by atoms with E-state index in [0.29, 0.717) is 12.2 Å². The Morgan fingerprint density at radius 3 is 2.42 bits per heavy atom. The Morgan fingerprint density at radius 2 is 1.89 bits per heavy atom. The summed E-state index contributed by atoms with van der Waals surface area (Å²) < 4.78 is 5.07. The Morgan fingerprint density at radius 1 is 1.26 bits per heavy atom. The van der Waals surface area contributed by atoms with Crippen LogP contribution >= 0.6 is 0 Å². The van der Waals surface area contributed by atoms with Crippen LogP contribution in [0.25, 0.3) is 0 Å². The molecule has 98 valence electrons. The second kappa shape index (κ2) is 5.95. The van der Waals surface area contributed by atoms with E-state index in [9.17, 15) is 9.90 Å². The predicted molar refractivity (Wildman–Crippen MR) is 69.1 cm³/mol. The number of methoxy groups -OCH3 is 1. The number of rotatable bonds is 5. The van der Waals surface area contributed by atoms with Gasteiger partial charge in [-0.2, -0.15) is 0 Å². The van der Waals surface area contributed by atoms with Crippen molar-refractivity contribution in [3.05, 3.63) is 54.1 Å². The summed E-state index contributed by atoms with van der Waals surface area (Å²) in [6, 6.07) is 8.96. The molecule has 1 unspecified atom stereocenters. The topological polar surface area (TPSA) is 72.3 Å². The van der Waals surface area contributed by atoms with Gasteiger partial charge in [0.25, 0.3) is 0 Å². The molecule has 1 heterocycles. The first-order valence-electron chi connectivity index (χ1n) is 5.83. The van der Waals surface area contributed by atoms with E-state index in [1.54, 1.807) is 37.7 Å². The standard InChI is InChI=1S/C14H14N2O3/c1-19-11-5-3-10(4-6-11)9-12(14(17)18)13-15-7-2-8-16-13/h2-8,12H,9H2,1H3,(H,17,18). The highest BCUT2D eigenvalue weighted by atomic mass is 16.5. The number of carboxylic acids is 1. The van der Waals surface area contributed by atoms with E-state index in [1.165, 1.54) is 0 Å². The number of aliphatic carboxylic acids is 1. The van der Waals surface area contributed by atoms with Gasteiger partial charge in [-0.1, -0.05) is 12.1 Å². The largest absolute Gasteiger partial charge is 0.497 e. The number of carboxylic acid groups (broad SMARTS) is 1. The van der Waals surface area contributed by atoms with Gasteiger partial charge in [0.1, 0.15) is 17.5 Å². The summed E-state index contributed by atoms with van der Waals surface area (Å²) in [4.78, 5) is 19.3. The Labute approximate surface area is 110 Å². The maximum absolute atomic E-state index is 11.3. The molecule has 0 bridgehead atoms. The zero-order valence-electron chi connectivity index (χ0n) is 10.5. The molecule has 5 heteroatoms. The van der Waals surface area contributed by atoms with Crippen LogP contribution in [0, 0.1) is 0 Å². The van der Waals surface area contributed by atoms with Crippen molar-refractivity contribution in [2.45, 2.75) is 12.3 Å². The number of hydrogen-bond acceptors (Lipinski definition) is 4. The number of nitrogens with zero attached hydrogens (tertiary/aromatic N) is 2. The summed E-state index contributed by atoms with van der Waals surface area (Å²) in [5, 5.41) is 9.28. The fraction of sp³-hybridized carbons (Fsp3) is 0.214. The highest BCUT2D eigenvalue weighted by Gasteiger charge is 2.22. The molecule has 1 N–H and O–H groups in total. The molecule has 0 aliphatic heterocycles. The molecule has 0 fully saturated rings. The summed E-state index contributed by atoms with van der Waals surface area (Å²) in [5.74, 6) is -0.603. The first kappa shape index (κ1) is 13.0. The summed E-state index contributed by atoms with van der Waals surface area (Å²) in [6.45, 7) is 0. The fourth-order valence-electron chi connectivity index (χ4n) is 1.78. The summed E-state index contributed by atoms with van der Waals surface area (Å²) in [7, 11) is 1.59. The lowest BCUT2D eigenvalue weighted by atomic mass is 9.98. The van der Waals surface area contributed by atoms with Gasteiger partial charge in [0, 0.05) is 12.4 Å². The SMILES string of the molecule is COc1ccc(CC(C(=O)O)c2ncccn2)cc1. The zero-order chi connectivity index (χ0) is 13.7. The number of carbonyl (C=O) groups is 1. The van der Waals surface area contributed by atoms with Crippen LogP contribution in [0.2, 0.25) is 0 Å². The normalized spacial score (nSPS) is 11.8. The molecule has 5 nitrogen and oxygen atoms in total. The Balaban J connectivity index is 2.19. The third-order valence-corrected chi connectivity index (χ3v) is 2.79. The lowest BCUT2D eigenvalue weighted by Crippen LogP contribution is -2.17. The average Bonchev–Trinajstić information content (AvgIpc) is 2.46. The second-order valence-corrected chi connectivity index (χ2v) is 4.05. The van der Waals surface area contributed by atoms with Crippen molar-refractivity contribution in [1.29, 1.82) is 0 Å². The fourth-order valence-corrected chi connectivity index (χ4v) is 1.78. The molecule has 0 amide bonds. The van der Waals surface area contributed by atoms with Crippen LogP contribution in [0.4, 0.5) is 0 Å². The summed E-state index contributed by atoms with van der Waals surface area (Å²) >= 11 is 0. The van der Waals surface area contributed by atoms with Crippen molar-refractivity contribution < 1.29 is 14.6 Å². The van der Waals surface area contributed by atoms with Gasteiger partial charge in [0.05, 0.1) is 7.11 Å². The van der Waals surface area contributed by atoms with Crippen molar-refractivity contribution in [2.24, 2.45) is 0 Å². The van der Waals surface area contributed by atoms with E-state index in [2.05, 4.69) is 9.97 Å². The first-order chi connectivity index (χ1) is 9.20. The van der Waals surface area contributed by atoms with Gasteiger partial charge >= 0.3 is 5.97 Å². The van der Waals surface area contributed by atoms with Crippen LogP contribution in [0.15, 0.2) is 42.7 Å². The van der Waals surface area contributed by atoms with E-state index in [1.807, 2.05) is 12.1 Å². The monoisotopic (exact) mass is 258 g/mol. The number of hydrogen-bond donors (Lipinski definition) is 1. The minimum atomic E-state index is -0.929. The van der Waals surface area contributed by atoms with E-state index < -0.39 is 11.9 Å². The predicted octanol–water partition coefficient (Wildman–Crippen LogP) is 1.90. The number of benzene rings is 1. The van der Waals surface area contributed by atoms with E-state index in [-0.39, 0.29) is 0 Å². The number of aromatic nitrogens is 2. The van der Waals surface area contributed by atoms with E-state index >= 15 is 0 Å². The molecule has 19 heavy (non-hydrogen) atoms. The average molecular weight is 258 g/mol. The van der Waals surface area contributed by atoms with Crippen LogP contribution in [-0.2, 0) is 11.2 Å². The summed E-state index contributed by atoms with van der Waals surface area (Å²) in [6.07, 6.45) is 3.45. The van der Waals surface area contributed by atoms with Gasteiger partial charge in [0.15, 0.2) is 0 Å². The van der Waals surface area contributed by atoms with Gasteiger partial charge in [-0.3, -0.25) is 4.79 Å². The Hall–Kier alpha value is -2.43. The van der Waals surface area contributed by atoms with E-state index in [0.717, 1.165) is 11.3 Å². The maximum atomic E-state index is 11.3. The molecule has 0 saturated carbocycles. The molecule has 1 atom stereocenters. The third-order valence-electron chi connectivity index (χ3n) is 2.79. The first-order valence-corrected chi connectivity index (χ1v) is 5.83. The Kier molecular flexibility index (Phi) is 4.07. The minimum Gasteiger partial charge on any atom is -0.497 e. The van der Waals surface area contributed by atoms with Crippen molar-refractivity contribution >= 4 is 5.97 Å². The Bertz CT molecular complexity index is 540. The second-order valence-electron chi connectivity index (χ2n) is 4.05. The maximum Gasteiger partial charge on any atom is 0.314 e. The molecule has 0 saturated heterocycles. The molecule has 0 radical (unpaired) electrons. The van der Waals surface area contributed by atoms with Gasteiger partial charge in [0.2, 0.25) is 0 Å². The van der Waals surface area contributed by atoms with Crippen LogP contribution in [0.3, 0.4) is 0 Å². The number of ether oxygens (including phenoxy) is 1. The van der Waals surface area contributed by atoms with Gasteiger partial charge in [-0.05, 0) is 30.2 Å². The molecule has 0 spiro atoms. The van der Waals surface area contributed by atoms with Crippen molar-refractivity contribution in [3.8, 4) is 5.75 Å². The molecule has 2 rings (SSSR count). The highest BCUT2D eigenvalue weighted by Crippen LogP contribution is 2.20. The van der Waals surface area contributed by atoms with Crippen LogP contribution in [0.1, 0.15) is 17.3 Å². The smallest absolute Gasteiger partial charge is 0.314 e. The van der Waals surface area contributed by atoms with Gasteiger partial charge < -0.3 is 9.84 Å². The molecule has 0 aliphatic rings. The quantitative estimate of drug-likeness (QED) is 0.886. The zero-order valence-corrected chi connectivity index (χ0v) is 10.5. The van der Waals surface area contributed by atoms with Crippen LogP contribution in [0.5, 0.6) is 5.75 Å². The van der Waals surface area contributed by atoms with Gasteiger partial charge in [-0.15, -0.1) is 0 Å². The lowest BCUT2D eigenvalue weighted by molar-refractivity contribution is -0.139. The molecule has 2 aromatic rings. The lowest BCUT2D eigenvalue weighted by Gasteiger charge is -2.11. The minimum absolute atomic E-state index is 0.325. The molecule has 1 aromatic heterocycles. The molecule has 0 aliphatic carbocycles. The molecular formula is C14H14N2O3. The summed E-state index contributed by atoms with van der Waals surface area (Å²) in [5.41, 5.74) is 0.903. The van der Waals surface area contributed by atoms with Crippen LogP contribution < -0.4 is 4.74 Å². The van der Waals surface area contributed by atoms with Crippen molar-refractivity contribution in [2.75, 3.05) is 7.11 Å². The third kappa shape index (κ3) is 3.28. The van der Waals surface area contributed by atoms with Crippen LogP contribution in [-0.4, -0.2) is 28.2 Å². The van der Waals surface area contributed by atoms with Crippen molar-refractivity contribution in [1.82, 2.24) is 9.97 Å². The van der Waals surface area contributed by atoms with Crippen molar-refractivity contribution in [3.63, 3.8) is 0 Å². The van der Waals surface area contributed by atoms with Gasteiger partial charge in [-0.25, -0.2) is 9.97 Å². The van der Waals surface area contributed by atoms with E-state index in [4.69, 9.17) is 4.74 Å². The highest BCUT2D eigenvalue weighted by molar-refractivity contribution is 5.75.